The number of hydrogen-bond donors (Lipinski definition) is 1. The molecule has 2 aromatic rings. The summed E-state index contributed by atoms with van der Waals surface area (Å²) >= 11 is 1.49. The van der Waals surface area contributed by atoms with Crippen molar-refractivity contribution in [3.05, 3.63) is 45.5 Å². The SMILES string of the molecule is CCc1cc(CN(C)C(=O)C=Cc2cc(CO)cs2)on1. The molecule has 0 radical (unpaired) electrons. The zero-order valence-corrected chi connectivity index (χ0v) is 12.9. The van der Waals surface area contributed by atoms with Crippen LogP contribution in [0, 0.1) is 0 Å². The molecule has 21 heavy (non-hydrogen) atoms. The summed E-state index contributed by atoms with van der Waals surface area (Å²) in [5, 5.41) is 14.8. The Hall–Kier alpha value is -1.92. The highest BCUT2D eigenvalue weighted by atomic mass is 32.1. The van der Waals surface area contributed by atoms with Crippen LogP contribution in [0.5, 0.6) is 0 Å². The molecule has 0 spiro atoms. The Balaban J connectivity index is 1.92. The van der Waals surface area contributed by atoms with Crippen molar-refractivity contribution in [3.8, 4) is 0 Å². The number of hydrogen-bond acceptors (Lipinski definition) is 5. The summed E-state index contributed by atoms with van der Waals surface area (Å²) in [5.74, 6) is 0.568. The van der Waals surface area contributed by atoms with Crippen LogP contribution >= 0.6 is 11.3 Å². The van der Waals surface area contributed by atoms with E-state index in [4.69, 9.17) is 9.63 Å². The van der Waals surface area contributed by atoms with Gasteiger partial charge in [-0.25, -0.2) is 0 Å². The van der Waals surface area contributed by atoms with E-state index in [0.29, 0.717) is 12.3 Å². The normalized spacial score (nSPS) is 11.2. The lowest BCUT2D eigenvalue weighted by Crippen LogP contribution is -2.23. The first kappa shape index (κ1) is 15.5. The van der Waals surface area contributed by atoms with Crippen LogP contribution in [0.4, 0.5) is 0 Å². The van der Waals surface area contributed by atoms with Gasteiger partial charge in [0, 0.05) is 24.1 Å². The minimum Gasteiger partial charge on any atom is -0.392 e. The maximum absolute atomic E-state index is 12.0. The highest BCUT2D eigenvalue weighted by Crippen LogP contribution is 2.16. The third-order valence-electron chi connectivity index (χ3n) is 2.99. The average Bonchev–Trinajstić information content (AvgIpc) is 3.13. The first-order valence-electron chi connectivity index (χ1n) is 6.68. The maximum atomic E-state index is 12.0. The molecule has 0 aromatic carbocycles. The second-order valence-electron chi connectivity index (χ2n) is 4.68. The Labute approximate surface area is 127 Å². The molecule has 0 bridgehead atoms. The highest BCUT2D eigenvalue weighted by Gasteiger charge is 2.10. The summed E-state index contributed by atoms with van der Waals surface area (Å²) in [6, 6.07) is 3.72. The Kier molecular flexibility index (Phi) is 5.30. The van der Waals surface area contributed by atoms with Gasteiger partial charge in [0.2, 0.25) is 5.91 Å². The van der Waals surface area contributed by atoms with Gasteiger partial charge < -0.3 is 14.5 Å². The number of aryl methyl sites for hydroxylation is 1. The summed E-state index contributed by atoms with van der Waals surface area (Å²) in [6.45, 7) is 2.41. The number of rotatable bonds is 6. The predicted octanol–water partition coefficient (Wildman–Crippen LogP) is 2.46. The maximum Gasteiger partial charge on any atom is 0.246 e. The Morgan fingerprint density at radius 3 is 2.95 bits per heavy atom. The molecule has 0 aliphatic rings. The van der Waals surface area contributed by atoms with Gasteiger partial charge in [-0.1, -0.05) is 12.1 Å². The Morgan fingerprint density at radius 2 is 2.33 bits per heavy atom. The van der Waals surface area contributed by atoms with Gasteiger partial charge in [-0.2, -0.15) is 0 Å². The number of aliphatic hydroxyl groups excluding tert-OH is 1. The van der Waals surface area contributed by atoms with Crippen molar-refractivity contribution >= 4 is 23.3 Å². The number of aromatic nitrogens is 1. The third kappa shape index (κ3) is 4.27. The monoisotopic (exact) mass is 306 g/mol. The van der Waals surface area contributed by atoms with Gasteiger partial charge in [-0.15, -0.1) is 11.3 Å². The van der Waals surface area contributed by atoms with Gasteiger partial charge >= 0.3 is 0 Å². The van der Waals surface area contributed by atoms with Crippen LogP contribution in [0.25, 0.3) is 6.08 Å². The van der Waals surface area contributed by atoms with Gasteiger partial charge in [0.05, 0.1) is 18.8 Å². The van der Waals surface area contributed by atoms with Gasteiger partial charge in [-0.05, 0) is 29.5 Å². The Bertz CT molecular complexity index is 630. The van der Waals surface area contributed by atoms with E-state index in [1.165, 1.54) is 17.4 Å². The molecule has 0 aliphatic carbocycles. The van der Waals surface area contributed by atoms with E-state index in [2.05, 4.69) is 5.16 Å². The van der Waals surface area contributed by atoms with Crippen molar-refractivity contribution < 1.29 is 14.4 Å². The van der Waals surface area contributed by atoms with E-state index in [-0.39, 0.29) is 12.5 Å². The summed E-state index contributed by atoms with van der Waals surface area (Å²) in [7, 11) is 1.72. The molecule has 1 N–H and O–H groups in total. The summed E-state index contributed by atoms with van der Waals surface area (Å²) in [4.78, 5) is 14.5. The lowest BCUT2D eigenvalue weighted by atomic mass is 10.3. The second-order valence-corrected chi connectivity index (χ2v) is 5.62. The van der Waals surface area contributed by atoms with Crippen molar-refractivity contribution in [3.63, 3.8) is 0 Å². The molecule has 5 nitrogen and oxygen atoms in total. The van der Waals surface area contributed by atoms with E-state index in [1.54, 1.807) is 18.0 Å². The zero-order valence-electron chi connectivity index (χ0n) is 12.1. The summed E-state index contributed by atoms with van der Waals surface area (Å²) < 4.78 is 5.16. The molecule has 0 saturated heterocycles. The van der Waals surface area contributed by atoms with E-state index < -0.39 is 0 Å². The van der Waals surface area contributed by atoms with Crippen LogP contribution in [0.1, 0.15) is 28.8 Å². The van der Waals surface area contributed by atoms with Crippen LogP contribution < -0.4 is 0 Å². The third-order valence-corrected chi connectivity index (χ3v) is 3.93. The predicted molar refractivity (Wildman–Crippen MR) is 81.6 cm³/mol. The number of nitrogens with zero attached hydrogens (tertiary/aromatic N) is 2. The topological polar surface area (TPSA) is 66.6 Å². The van der Waals surface area contributed by atoms with Crippen molar-refractivity contribution in [1.82, 2.24) is 10.1 Å². The molecule has 0 aliphatic heterocycles. The first-order chi connectivity index (χ1) is 10.1. The van der Waals surface area contributed by atoms with Crippen LogP contribution in [-0.2, 0) is 24.4 Å². The number of amides is 1. The van der Waals surface area contributed by atoms with Gasteiger partial charge in [0.25, 0.3) is 0 Å². The number of thiophene rings is 1. The van der Waals surface area contributed by atoms with Crippen molar-refractivity contribution in [1.29, 1.82) is 0 Å². The van der Waals surface area contributed by atoms with Crippen molar-refractivity contribution in [2.45, 2.75) is 26.5 Å². The fraction of sp³-hybridized carbons (Fsp3) is 0.333. The molecule has 2 aromatic heterocycles. The number of aliphatic hydroxyl groups is 1. The van der Waals surface area contributed by atoms with Crippen LogP contribution in [0.3, 0.4) is 0 Å². The largest absolute Gasteiger partial charge is 0.392 e. The Morgan fingerprint density at radius 1 is 1.52 bits per heavy atom. The van der Waals surface area contributed by atoms with Gasteiger partial charge in [-0.3, -0.25) is 4.79 Å². The van der Waals surface area contributed by atoms with Crippen molar-refractivity contribution in [2.24, 2.45) is 0 Å². The zero-order chi connectivity index (χ0) is 15.2. The van der Waals surface area contributed by atoms with E-state index >= 15 is 0 Å². The quantitative estimate of drug-likeness (QED) is 0.833. The number of carbonyl (C=O) groups excluding carboxylic acids is 1. The lowest BCUT2D eigenvalue weighted by Gasteiger charge is -2.12. The molecule has 1 amide bonds. The number of likely N-dealkylation sites (N-methyl/N-ethyl adjacent to an activating group) is 1. The molecular formula is C15H18N2O3S. The van der Waals surface area contributed by atoms with E-state index in [9.17, 15) is 4.79 Å². The molecular weight excluding hydrogens is 288 g/mol. The molecule has 0 fully saturated rings. The summed E-state index contributed by atoms with van der Waals surface area (Å²) in [5.41, 5.74) is 1.74. The fourth-order valence-corrected chi connectivity index (χ4v) is 2.55. The average molecular weight is 306 g/mol. The molecule has 6 heteroatoms. The van der Waals surface area contributed by atoms with E-state index in [1.807, 2.05) is 24.4 Å². The molecule has 0 unspecified atom stereocenters. The fourth-order valence-electron chi connectivity index (χ4n) is 1.75. The summed E-state index contributed by atoms with van der Waals surface area (Å²) in [6.07, 6.45) is 4.08. The van der Waals surface area contributed by atoms with Gasteiger partial charge in [0.1, 0.15) is 0 Å². The van der Waals surface area contributed by atoms with Gasteiger partial charge in [0.15, 0.2) is 5.76 Å². The van der Waals surface area contributed by atoms with Crippen LogP contribution in [0.2, 0.25) is 0 Å². The molecule has 0 atom stereocenters. The molecule has 112 valence electrons. The highest BCUT2D eigenvalue weighted by molar-refractivity contribution is 7.11. The second kappa shape index (κ2) is 7.19. The van der Waals surface area contributed by atoms with Crippen molar-refractivity contribution in [2.75, 3.05) is 7.05 Å². The van der Waals surface area contributed by atoms with Crippen LogP contribution in [-0.4, -0.2) is 28.1 Å². The lowest BCUT2D eigenvalue weighted by molar-refractivity contribution is -0.125. The van der Waals surface area contributed by atoms with Crippen LogP contribution in [0.15, 0.2) is 28.1 Å². The minimum atomic E-state index is -0.108. The molecule has 2 rings (SSSR count). The standard InChI is InChI=1S/C15H18N2O3S/c1-3-12-7-13(20-16-12)8-17(2)15(19)5-4-14-6-11(9-18)10-21-14/h4-7,10,18H,3,8-9H2,1-2H3. The first-order valence-corrected chi connectivity index (χ1v) is 7.56. The number of carbonyl (C=O) groups is 1. The smallest absolute Gasteiger partial charge is 0.246 e. The molecule has 0 saturated carbocycles. The molecule has 2 heterocycles. The van der Waals surface area contributed by atoms with E-state index in [0.717, 1.165) is 22.6 Å². The minimum absolute atomic E-state index is 0.0173.